The number of para-hydroxylation sites is 1. The maximum Gasteiger partial charge on any atom is 0.264 e. The fourth-order valence-electron chi connectivity index (χ4n) is 3.14. The Hall–Kier alpha value is -3.19. The monoisotopic (exact) mass is 426 g/mol. The predicted molar refractivity (Wildman–Crippen MR) is 115 cm³/mol. The quantitative estimate of drug-likeness (QED) is 0.604. The summed E-state index contributed by atoms with van der Waals surface area (Å²) in [5.74, 6) is -1.03. The molecular weight excluding hydrogens is 403 g/mol. The van der Waals surface area contributed by atoms with Gasteiger partial charge in [-0.1, -0.05) is 55.5 Å². The number of carbonyl (C=O) groups is 1. The average Bonchev–Trinajstić information content (AvgIpc) is 2.77. The molecule has 0 heterocycles. The van der Waals surface area contributed by atoms with E-state index in [0.717, 1.165) is 9.87 Å². The van der Waals surface area contributed by atoms with Crippen molar-refractivity contribution in [2.24, 2.45) is 0 Å². The molecule has 156 valence electrons. The first kappa shape index (κ1) is 21.5. The Morgan fingerprint density at radius 1 is 1.00 bits per heavy atom. The molecule has 0 saturated heterocycles. The summed E-state index contributed by atoms with van der Waals surface area (Å²) in [5.41, 5.74) is 1.12. The molecule has 1 unspecified atom stereocenters. The summed E-state index contributed by atoms with van der Waals surface area (Å²) in [6.45, 7) is 1.96. The fraction of sp³-hybridized carbons (Fsp3) is 0.174. The zero-order valence-corrected chi connectivity index (χ0v) is 17.6. The van der Waals surface area contributed by atoms with Gasteiger partial charge >= 0.3 is 0 Å². The Labute approximate surface area is 176 Å². The fourth-order valence-corrected chi connectivity index (χ4v) is 4.39. The Bertz CT molecular complexity index is 1130. The summed E-state index contributed by atoms with van der Waals surface area (Å²) in [5, 5.41) is 2.94. The molecule has 0 radical (unpaired) electrons. The highest BCUT2D eigenvalue weighted by molar-refractivity contribution is 7.92. The van der Waals surface area contributed by atoms with Crippen molar-refractivity contribution in [3.63, 3.8) is 0 Å². The molecule has 7 heteroatoms. The maximum absolute atomic E-state index is 14.1. The summed E-state index contributed by atoms with van der Waals surface area (Å²) in [6, 6.07) is 20.7. The third-order valence-electron chi connectivity index (χ3n) is 4.86. The number of hydrogen-bond acceptors (Lipinski definition) is 3. The van der Waals surface area contributed by atoms with Crippen LogP contribution in [0.5, 0.6) is 0 Å². The van der Waals surface area contributed by atoms with Gasteiger partial charge in [-0.3, -0.25) is 9.10 Å². The number of nitrogens with zero attached hydrogens (tertiary/aromatic N) is 1. The van der Waals surface area contributed by atoms with Gasteiger partial charge in [-0.2, -0.15) is 0 Å². The van der Waals surface area contributed by atoms with Crippen LogP contribution in [0.25, 0.3) is 0 Å². The van der Waals surface area contributed by atoms with E-state index in [-0.39, 0.29) is 28.1 Å². The van der Waals surface area contributed by atoms with E-state index < -0.39 is 15.8 Å². The minimum Gasteiger partial charge on any atom is -0.345 e. The first-order valence-corrected chi connectivity index (χ1v) is 11.0. The lowest BCUT2D eigenvalue weighted by molar-refractivity contribution is 0.0935. The van der Waals surface area contributed by atoms with E-state index in [1.54, 1.807) is 12.1 Å². The lowest BCUT2D eigenvalue weighted by Crippen LogP contribution is -2.29. The second kappa shape index (κ2) is 9.09. The molecule has 0 aliphatic rings. The van der Waals surface area contributed by atoms with Crippen LogP contribution in [0.4, 0.5) is 10.1 Å². The van der Waals surface area contributed by atoms with Crippen LogP contribution in [-0.4, -0.2) is 21.4 Å². The maximum atomic E-state index is 14.1. The molecule has 1 amide bonds. The molecular formula is C23H23FN2O3S. The molecule has 0 fully saturated rings. The van der Waals surface area contributed by atoms with Gasteiger partial charge in [0.2, 0.25) is 0 Å². The van der Waals surface area contributed by atoms with Crippen LogP contribution < -0.4 is 9.62 Å². The Morgan fingerprint density at radius 3 is 2.33 bits per heavy atom. The summed E-state index contributed by atoms with van der Waals surface area (Å²) < 4.78 is 40.9. The van der Waals surface area contributed by atoms with Crippen molar-refractivity contribution in [1.82, 2.24) is 5.32 Å². The van der Waals surface area contributed by atoms with E-state index in [2.05, 4.69) is 5.32 Å². The second-order valence-electron chi connectivity index (χ2n) is 6.80. The zero-order chi connectivity index (χ0) is 21.7. The summed E-state index contributed by atoms with van der Waals surface area (Å²) in [7, 11) is -2.76. The van der Waals surface area contributed by atoms with Gasteiger partial charge in [0.1, 0.15) is 5.82 Å². The number of hydrogen-bond donors (Lipinski definition) is 1. The molecule has 0 spiro atoms. The number of sulfonamides is 1. The first-order chi connectivity index (χ1) is 14.3. The Kier molecular flexibility index (Phi) is 6.52. The van der Waals surface area contributed by atoms with Gasteiger partial charge in [0.25, 0.3) is 15.9 Å². The predicted octanol–water partition coefficient (Wildman–Crippen LogP) is 4.53. The summed E-state index contributed by atoms with van der Waals surface area (Å²) >= 11 is 0. The molecule has 0 saturated carbocycles. The molecule has 5 nitrogen and oxygen atoms in total. The van der Waals surface area contributed by atoms with Crippen LogP contribution in [0.1, 0.15) is 35.3 Å². The second-order valence-corrected chi connectivity index (χ2v) is 8.77. The molecule has 3 aromatic carbocycles. The molecule has 0 aliphatic carbocycles. The molecule has 0 aliphatic heterocycles. The largest absolute Gasteiger partial charge is 0.345 e. The number of nitrogens with one attached hydrogen (secondary N) is 1. The van der Waals surface area contributed by atoms with Crippen LogP contribution >= 0.6 is 0 Å². The van der Waals surface area contributed by atoms with Gasteiger partial charge in [0.15, 0.2) is 0 Å². The van der Waals surface area contributed by atoms with Gasteiger partial charge in [-0.25, -0.2) is 12.8 Å². The van der Waals surface area contributed by atoms with Gasteiger partial charge < -0.3 is 5.32 Å². The Balaban J connectivity index is 1.86. The van der Waals surface area contributed by atoms with Crippen molar-refractivity contribution in [2.45, 2.75) is 24.3 Å². The lowest BCUT2D eigenvalue weighted by atomic mass is 10.0. The lowest BCUT2D eigenvalue weighted by Gasteiger charge is -2.21. The number of anilines is 1. The number of benzene rings is 3. The van der Waals surface area contributed by atoms with Crippen molar-refractivity contribution in [2.75, 3.05) is 11.4 Å². The number of carbonyl (C=O) groups excluding carboxylic acids is 1. The van der Waals surface area contributed by atoms with E-state index in [0.29, 0.717) is 6.42 Å². The summed E-state index contributed by atoms with van der Waals surface area (Å²) in [4.78, 5) is 12.7. The zero-order valence-electron chi connectivity index (χ0n) is 16.7. The highest BCUT2D eigenvalue weighted by Gasteiger charge is 2.24. The van der Waals surface area contributed by atoms with Gasteiger partial charge in [-0.05, 0) is 42.3 Å². The molecule has 1 N–H and O–H groups in total. The van der Waals surface area contributed by atoms with E-state index in [1.165, 1.54) is 43.4 Å². The molecule has 0 aromatic heterocycles. The van der Waals surface area contributed by atoms with Crippen molar-refractivity contribution in [3.05, 3.63) is 95.8 Å². The van der Waals surface area contributed by atoms with Crippen LogP contribution in [0, 0.1) is 5.82 Å². The highest BCUT2D eigenvalue weighted by Crippen LogP contribution is 2.25. The van der Waals surface area contributed by atoms with E-state index >= 15 is 0 Å². The van der Waals surface area contributed by atoms with Crippen LogP contribution in [0.2, 0.25) is 0 Å². The molecule has 0 bridgehead atoms. The standard InChI is InChI=1S/C23H23FN2O3S/c1-3-21(17-10-5-4-6-11-17)25-23(27)18-12-9-13-19(16-18)30(28,29)26(2)22-15-8-7-14-20(22)24/h4-16,21H,3H2,1-2H3,(H,25,27). The molecule has 3 aromatic rings. The molecule has 1 atom stereocenters. The third kappa shape index (κ3) is 4.52. The van der Waals surface area contributed by atoms with Crippen LogP contribution in [-0.2, 0) is 10.0 Å². The minimum absolute atomic E-state index is 0.0671. The van der Waals surface area contributed by atoms with E-state index in [9.17, 15) is 17.6 Å². The van der Waals surface area contributed by atoms with Crippen LogP contribution in [0.15, 0.2) is 83.8 Å². The van der Waals surface area contributed by atoms with Crippen molar-refractivity contribution < 1.29 is 17.6 Å². The molecule has 3 rings (SSSR count). The van der Waals surface area contributed by atoms with Crippen LogP contribution in [0.3, 0.4) is 0 Å². The smallest absolute Gasteiger partial charge is 0.264 e. The summed E-state index contributed by atoms with van der Waals surface area (Å²) in [6.07, 6.45) is 0.684. The van der Waals surface area contributed by atoms with E-state index in [1.807, 2.05) is 37.3 Å². The number of rotatable bonds is 7. The Morgan fingerprint density at radius 2 is 1.67 bits per heavy atom. The van der Waals surface area contributed by atoms with Crippen molar-refractivity contribution in [3.8, 4) is 0 Å². The highest BCUT2D eigenvalue weighted by atomic mass is 32.2. The topological polar surface area (TPSA) is 66.5 Å². The van der Waals surface area contributed by atoms with Gasteiger partial charge in [0, 0.05) is 12.6 Å². The van der Waals surface area contributed by atoms with Gasteiger partial charge in [0.05, 0.1) is 16.6 Å². The van der Waals surface area contributed by atoms with E-state index in [4.69, 9.17) is 0 Å². The third-order valence-corrected chi connectivity index (χ3v) is 6.63. The minimum atomic E-state index is -4.04. The first-order valence-electron chi connectivity index (χ1n) is 9.54. The number of amides is 1. The number of halogens is 1. The van der Waals surface area contributed by atoms with Gasteiger partial charge in [-0.15, -0.1) is 0 Å². The molecule has 30 heavy (non-hydrogen) atoms. The average molecular weight is 427 g/mol. The van der Waals surface area contributed by atoms with Crippen molar-refractivity contribution in [1.29, 1.82) is 0 Å². The van der Waals surface area contributed by atoms with Crippen molar-refractivity contribution >= 4 is 21.6 Å². The SMILES string of the molecule is CCC(NC(=O)c1cccc(S(=O)(=O)N(C)c2ccccc2F)c1)c1ccccc1. The normalized spacial score (nSPS) is 12.2.